The molecule has 0 unspecified atom stereocenters. The summed E-state index contributed by atoms with van der Waals surface area (Å²) in [5.74, 6) is -0.234. The van der Waals surface area contributed by atoms with Crippen LogP contribution in [0.1, 0.15) is 9.67 Å². The van der Waals surface area contributed by atoms with Gasteiger partial charge >= 0.3 is 5.69 Å². The fourth-order valence-electron chi connectivity index (χ4n) is 1.32. The van der Waals surface area contributed by atoms with Crippen LogP contribution in [-0.4, -0.2) is 15.3 Å². The Morgan fingerprint density at radius 3 is 2.83 bits per heavy atom. The zero-order valence-corrected chi connectivity index (χ0v) is 11.9. The summed E-state index contributed by atoms with van der Waals surface area (Å²) >= 11 is 10.1. The molecular weight excluding hydrogens is 344 g/mol. The highest BCUT2D eigenvalue weighted by molar-refractivity contribution is 9.10. The summed E-state index contributed by atoms with van der Waals surface area (Å²) in [4.78, 5) is 37.0. The topological polar surface area (TPSA) is 71.9 Å². The van der Waals surface area contributed by atoms with Gasteiger partial charge in [0.2, 0.25) is 0 Å². The Hall–Kier alpha value is -1.18. The van der Waals surface area contributed by atoms with E-state index in [-0.39, 0.29) is 17.4 Å². The van der Waals surface area contributed by atoms with E-state index in [0.717, 1.165) is 10.8 Å². The monoisotopic (exact) mass is 348 g/mol. The third kappa shape index (κ3) is 2.63. The van der Waals surface area contributed by atoms with Gasteiger partial charge in [0.25, 0.3) is 5.56 Å². The molecule has 2 aromatic heterocycles. The third-order valence-electron chi connectivity index (χ3n) is 2.15. The molecule has 0 spiro atoms. The molecule has 8 heteroatoms. The lowest BCUT2D eigenvalue weighted by Crippen LogP contribution is -2.31. The summed E-state index contributed by atoms with van der Waals surface area (Å²) in [6.45, 7) is -0.172. The molecule has 0 aliphatic carbocycles. The van der Waals surface area contributed by atoms with Gasteiger partial charge in [-0.3, -0.25) is 19.1 Å². The molecule has 18 heavy (non-hydrogen) atoms. The third-order valence-corrected chi connectivity index (χ3v) is 4.30. The predicted octanol–water partition coefficient (Wildman–Crippen LogP) is 1.90. The Kier molecular flexibility index (Phi) is 3.84. The molecular formula is C10H6BrClN2O3S. The Morgan fingerprint density at radius 2 is 2.22 bits per heavy atom. The van der Waals surface area contributed by atoms with Gasteiger partial charge < -0.3 is 0 Å². The van der Waals surface area contributed by atoms with Crippen molar-refractivity contribution in [2.24, 2.45) is 0 Å². The van der Waals surface area contributed by atoms with Crippen LogP contribution in [0.5, 0.6) is 0 Å². The summed E-state index contributed by atoms with van der Waals surface area (Å²) < 4.78 is 1.75. The van der Waals surface area contributed by atoms with Crippen LogP contribution in [0.4, 0.5) is 0 Å². The van der Waals surface area contributed by atoms with E-state index in [1.54, 1.807) is 11.4 Å². The van der Waals surface area contributed by atoms with E-state index in [2.05, 4.69) is 15.9 Å². The van der Waals surface area contributed by atoms with Gasteiger partial charge in [0.1, 0.15) is 5.02 Å². The van der Waals surface area contributed by atoms with Crippen molar-refractivity contribution in [2.45, 2.75) is 6.54 Å². The van der Waals surface area contributed by atoms with Gasteiger partial charge in [0, 0.05) is 10.7 Å². The summed E-state index contributed by atoms with van der Waals surface area (Å²) in [6, 6.07) is 1.75. The lowest BCUT2D eigenvalue weighted by Gasteiger charge is -2.03. The first-order chi connectivity index (χ1) is 8.49. The van der Waals surface area contributed by atoms with Crippen LogP contribution in [0.3, 0.4) is 0 Å². The maximum absolute atomic E-state index is 11.9. The molecule has 0 radical (unpaired) electrons. The smallest absolute Gasteiger partial charge is 0.291 e. The zero-order chi connectivity index (χ0) is 13.3. The van der Waals surface area contributed by atoms with Crippen LogP contribution >= 0.6 is 38.9 Å². The number of H-pyrrole nitrogens is 1. The number of aromatic nitrogens is 2. The number of halogens is 2. The number of hydrogen-bond acceptors (Lipinski definition) is 4. The van der Waals surface area contributed by atoms with Gasteiger partial charge in [0.15, 0.2) is 5.78 Å². The predicted molar refractivity (Wildman–Crippen MR) is 72.7 cm³/mol. The lowest BCUT2D eigenvalue weighted by atomic mass is 10.3. The molecule has 0 atom stereocenters. The normalized spacial score (nSPS) is 10.6. The summed E-state index contributed by atoms with van der Waals surface area (Å²) in [6.07, 6.45) is 1.15. The second-order valence-electron chi connectivity index (χ2n) is 3.39. The van der Waals surface area contributed by atoms with Crippen molar-refractivity contribution in [1.82, 2.24) is 9.55 Å². The molecule has 0 aliphatic heterocycles. The molecule has 0 bridgehead atoms. The van der Waals surface area contributed by atoms with E-state index in [9.17, 15) is 14.4 Å². The van der Waals surface area contributed by atoms with Crippen molar-refractivity contribution >= 4 is 44.7 Å². The van der Waals surface area contributed by atoms with E-state index < -0.39 is 11.2 Å². The first-order valence-corrected chi connectivity index (χ1v) is 6.79. The molecule has 0 saturated carbocycles. The lowest BCUT2D eigenvalue weighted by molar-refractivity contribution is 0.0973. The van der Waals surface area contributed by atoms with E-state index in [4.69, 9.17) is 11.6 Å². The average molecular weight is 350 g/mol. The molecule has 5 nitrogen and oxygen atoms in total. The van der Waals surface area contributed by atoms with Crippen LogP contribution in [0.2, 0.25) is 5.02 Å². The molecule has 1 N–H and O–H groups in total. The number of carbonyl (C=O) groups is 1. The van der Waals surface area contributed by atoms with Crippen LogP contribution < -0.4 is 11.2 Å². The minimum atomic E-state index is -0.664. The van der Waals surface area contributed by atoms with Crippen molar-refractivity contribution in [2.75, 3.05) is 0 Å². The van der Waals surface area contributed by atoms with E-state index in [1.807, 2.05) is 4.98 Å². The minimum Gasteiger partial charge on any atom is -0.291 e. The maximum atomic E-state index is 11.9. The van der Waals surface area contributed by atoms with Gasteiger partial charge in [-0.15, -0.1) is 11.3 Å². The molecule has 0 aliphatic rings. The van der Waals surface area contributed by atoms with E-state index in [1.165, 1.54) is 11.3 Å². The Morgan fingerprint density at radius 1 is 1.50 bits per heavy atom. The molecule has 2 heterocycles. The second-order valence-corrected chi connectivity index (χ2v) is 5.56. The van der Waals surface area contributed by atoms with Gasteiger partial charge in [-0.25, -0.2) is 4.79 Å². The first kappa shape index (κ1) is 13.3. The highest BCUT2D eigenvalue weighted by atomic mass is 79.9. The van der Waals surface area contributed by atoms with Gasteiger partial charge in [-0.2, -0.15) is 0 Å². The van der Waals surface area contributed by atoms with Crippen LogP contribution in [0.15, 0.2) is 31.7 Å². The summed E-state index contributed by atoms with van der Waals surface area (Å²) in [7, 11) is 0. The highest BCUT2D eigenvalue weighted by Gasteiger charge is 2.13. The largest absolute Gasteiger partial charge is 0.328 e. The molecule has 2 aromatic rings. The number of rotatable bonds is 3. The number of hydrogen-bond donors (Lipinski definition) is 1. The molecule has 0 fully saturated rings. The summed E-state index contributed by atoms with van der Waals surface area (Å²) in [5, 5.41) is 1.63. The Balaban J connectivity index is 2.33. The molecule has 94 valence electrons. The van der Waals surface area contributed by atoms with Crippen molar-refractivity contribution < 1.29 is 4.79 Å². The van der Waals surface area contributed by atoms with Crippen LogP contribution in [0.25, 0.3) is 0 Å². The van der Waals surface area contributed by atoms with Gasteiger partial charge in [-0.05, 0) is 27.4 Å². The van der Waals surface area contributed by atoms with Gasteiger partial charge in [-0.1, -0.05) is 11.6 Å². The minimum absolute atomic E-state index is 0.132. The average Bonchev–Trinajstić information content (AvgIpc) is 2.72. The van der Waals surface area contributed by atoms with Gasteiger partial charge in [0.05, 0.1) is 11.4 Å². The number of ketones is 1. The Labute approximate surface area is 118 Å². The molecule has 0 saturated heterocycles. The fourth-order valence-corrected chi connectivity index (χ4v) is 3.01. The molecule has 0 aromatic carbocycles. The number of nitrogens with one attached hydrogen (secondary N) is 1. The SMILES string of the molecule is O=C(Cn1cc(Cl)c(=O)[nH]c1=O)c1sccc1Br. The molecule has 0 amide bonds. The fraction of sp³-hybridized carbons (Fsp3) is 0.100. The number of Topliss-reactive ketones (excluding diaryl/α,β-unsaturated/α-hetero) is 1. The van der Waals surface area contributed by atoms with E-state index >= 15 is 0 Å². The van der Waals surface area contributed by atoms with Crippen molar-refractivity contribution in [1.29, 1.82) is 0 Å². The number of aromatic amines is 1. The standard InChI is InChI=1S/C10H6BrClN2O3S/c11-5-1-2-18-8(5)7(15)4-14-3-6(12)9(16)13-10(14)17/h1-3H,4H2,(H,13,16,17). The highest BCUT2D eigenvalue weighted by Crippen LogP contribution is 2.23. The second kappa shape index (κ2) is 5.21. The molecule has 2 rings (SSSR count). The number of thiophene rings is 1. The summed E-state index contributed by atoms with van der Waals surface area (Å²) in [5.41, 5.74) is -1.33. The first-order valence-electron chi connectivity index (χ1n) is 4.74. The van der Waals surface area contributed by atoms with Crippen molar-refractivity contribution in [3.05, 3.63) is 52.9 Å². The van der Waals surface area contributed by atoms with Crippen LogP contribution in [0, 0.1) is 0 Å². The van der Waals surface area contributed by atoms with Crippen molar-refractivity contribution in [3.63, 3.8) is 0 Å². The van der Waals surface area contributed by atoms with Crippen molar-refractivity contribution in [3.8, 4) is 0 Å². The zero-order valence-electron chi connectivity index (χ0n) is 8.78. The van der Waals surface area contributed by atoms with Crippen LogP contribution in [-0.2, 0) is 6.54 Å². The number of nitrogens with zero attached hydrogens (tertiary/aromatic N) is 1. The van der Waals surface area contributed by atoms with E-state index in [0.29, 0.717) is 9.35 Å². The maximum Gasteiger partial charge on any atom is 0.328 e. The quantitative estimate of drug-likeness (QED) is 0.860. The Bertz CT molecular complexity index is 718. The number of carbonyl (C=O) groups excluding carboxylic acids is 1.